The fourth-order valence-electron chi connectivity index (χ4n) is 5.58. The van der Waals surface area contributed by atoms with Crippen molar-refractivity contribution in [1.82, 2.24) is 9.97 Å². The molecular weight excluding hydrogens is 548 g/mol. The summed E-state index contributed by atoms with van der Waals surface area (Å²) < 4.78 is 12.1. The molecule has 0 fully saturated rings. The number of oxazole rings is 2. The van der Waals surface area contributed by atoms with E-state index in [1.807, 2.05) is 98.8 Å². The molecular formula is C36H18N6O2. The van der Waals surface area contributed by atoms with Gasteiger partial charge in [0.25, 0.3) is 0 Å². The lowest BCUT2D eigenvalue weighted by atomic mass is 9.90. The summed E-state index contributed by atoms with van der Waals surface area (Å²) in [6, 6.07) is 27.7. The monoisotopic (exact) mass is 566 g/mol. The molecule has 0 N–H and O–H groups in total. The summed E-state index contributed by atoms with van der Waals surface area (Å²) >= 11 is 0. The molecule has 0 saturated carbocycles. The van der Waals surface area contributed by atoms with Crippen LogP contribution in [0.1, 0.15) is 11.1 Å². The van der Waals surface area contributed by atoms with E-state index in [2.05, 4.69) is 19.7 Å². The molecule has 0 bridgehead atoms. The van der Waals surface area contributed by atoms with E-state index in [0.717, 1.165) is 54.9 Å². The van der Waals surface area contributed by atoms with Crippen LogP contribution in [0.4, 0.5) is 0 Å². The van der Waals surface area contributed by atoms with Crippen molar-refractivity contribution in [3.05, 3.63) is 118 Å². The molecule has 5 aromatic carbocycles. The third-order valence-corrected chi connectivity index (χ3v) is 7.68. The Morgan fingerprint density at radius 3 is 1.75 bits per heavy atom. The van der Waals surface area contributed by atoms with Crippen molar-refractivity contribution in [2.45, 2.75) is 13.8 Å². The van der Waals surface area contributed by atoms with Gasteiger partial charge >= 0.3 is 11.4 Å². The van der Waals surface area contributed by atoms with Gasteiger partial charge in [0.2, 0.25) is 11.1 Å². The molecule has 0 radical (unpaired) electrons. The molecule has 0 amide bonds. The van der Waals surface area contributed by atoms with Crippen molar-refractivity contribution >= 4 is 55.1 Å². The summed E-state index contributed by atoms with van der Waals surface area (Å²) in [7, 11) is 0. The van der Waals surface area contributed by atoms with Crippen LogP contribution in [0.3, 0.4) is 0 Å². The van der Waals surface area contributed by atoms with Crippen molar-refractivity contribution in [1.29, 1.82) is 10.5 Å². The Hall–Kier alpha value is -6.74. The molecule has 0 saturated heterocycles. The van der Waals surface area contributed by atoms with E-state index < -0.39 is 0 Å². The Morgan fingerprint density at radius 1 is 0.659 bits per heavy atom. The van der Waals surface area contributed by atoms with Crippen LogP contribution in [0.2, 0.25) is 0 Å². The molecule has 0 atom stereocenters. The van der Waals surface area contributed by atoms with Gasteiger partial charge in [-0.25, -0.2) is 30.2 Å². The SMILES string of the molecule is [C-]#[N+]/C(C#N)=c1\nc2c(-c3ccc(C)cc3)c3ccc4c(-c5ccc(C)cc5)cc5o/c(=C(\C#N)[N+]#[C-])nc5c4c3cc2o1. The molecule has 7 rings (SSSR count). The van der Waals surface area contributed by atoms with E-state index in [1.165, 1.54) is 0 Å². The minimum absolute atomic E-state index is 0.0509. The maximum Gasteiger partial charge on any atom is 0.322 e. The second-order valence-electron chi connectivity index (χ2n) is 10.4. The van der Waals surface area contributed by atoms with E-state index in [1.54, 1.807) is 0 Å². The zero-order valence-corrected chi connectivity index (χ0v) is 23.4. The molecule has 2 heterocycles. The van der Waals surface area contributed by atoms with Gasteiger partial charge in [-0.2, -0.15) is 0 Å². The zero-order chi connectivity index (χ0) is 30.5. The predicted octanol–water partition coefficient (Wildman–Crippen LogP) is 7.33. The molecule has 44 heavy (non-hydrogen) atoms. The van der Waals surface area contributed by atoms with E-state index in [0.29, 0.717) is 22.2 Å². The van der Waals surface area contributed by atoms with Gasteiger partial charge in [0.15, 0.2) is 11.2 Å². The molecule has 0 aliphatic heterocycles. The maximum atomic E-state index is 9.57. The summed E-state index contributed by atoms with van der Waals surface area (Å²) in [4.78, 5) is 15.9. The zero-order valence-electron chi connectivity index (χ0n) is 23.4. The number of nitriles is 2. The summed E-state index contributed by atoms with van der Waals surface area (Å²) in [5, 5.41) is 22.4. The van der Waals surface area contributed by atoms with Crippen molar-refractivity contribution in [2.75, 3.05) is 0 Å². The first kappa shape index (κ1) is 26.2. The first-order chi connectivity index (χ1) is 21.4. The molecule has 8 heteroatoms. The molecule has 0 spiro atoms. The average Bonchev–Trinajstić information content (AvgIpc) is 3.66. The number of hydrogen-bond acceptors (Lipinski definition) is 6. The topological polar surface area (TPSA) is 108 Å². The minimum Gasteiger partial charge on any atom is -0.446 e. The van der Waals surface area contributed by atoms with Crippen molar-refractivity contribution in [2.24, 2.45) is 0 Å². The Balaban J connectivity index is 1.74. The summed E-state index contributed by atoms with van der Waals surface area (Å²) in [6.07, 6.45) is 0. The molecule has 0 aliphatic rings. The van der Waals surface area contributed by atoms with Gasteiger partial charge < -0.3 is 8.83 Å². The first-order valence-corrected chi connectivity index (χ1v) is 13.5. The number of rotatable bonds is 2. The number of benzene rings is 5. The van der Waals surface area contributed by atoms with Crippen molar-refractivity contribution in [3.63, 3.8) is 0 Å². The highest BCUT2D eigenvalue weighted by Crippen LogP contribution is 2.43. The molecule has 7 aromatic rings. The standard InChI is InChI=1S/C36H18N6O2/c1-19-5-9-21(10-6-19)25-15-29-34(42-36(43-29)28(18-38)40-4)32-23(25)13-14-24-26(32)16-30-33(41-35(44-30)27(17-37)39-3)31(24)22-11-7-20(2)8-12-22/h5-16H,1-2H3/b35-27+,36-28+. The number of aryl methyl sites for hydroxylation is 2. The van der Waals surface area contributed by atoms with Gasteiger partial charge in [-0.15, -0.1) is 0 Å². The van der Waals surface area contributed by atoms with Crippen LogP contribution >= 0.6 is 0 Å². The van der Waals surface area contributed by atoms with Gasteiger partial charge in [-0.3, -0.25) is 0 Å². The summed E-state index contributed by atoms with van der Waals surface area (Å²) in [5.74, 6) is 0. The quantitative estimate of drug-likeness (QED) is 0.160. The van der Waals surface area contributed by atoms with Gasteiger partial charge in [0.1, 0.15) is 11.0 Å². The highest BCUT2D eigenvalue weighted by Gasteiger charge is 2.21. The predicted molar refractivity (Wildman–Crippen MR) is 167 cm³/mol. The third-order valence-electron chi connectivity index (χ3n) is 7.68. The largest absolute Gasteiger partial charge is 0.446 e. The Labute approximate surface area is 250 Å². The number of nitrogens with zero attached hydrogens (tertiary/aromatic N) is 6. The van der Waals surface area contributed by atoms with Crippen LogP contribution in [0, 0.1) is 49.7 Å². The Morgan fingerprint density at radius 2 is 1.18 bits per heavy atom. The van der Waals surface area contributed by atoms with Crippen LogP contribution < -0.4 is 11.1 Å². The second kappa shape index (κ2) is 9.97. The van der Waals surface area contributed by atoms with Crippen LogP contribution in [0.15, 0.2) is 81.6 Å². The van der Waals surface area contributed by atoms with Gasteiger partial charge in [0, 0.05) is 10.9 Å². The van der Waals surface area contributed by atoms with Gasteiger partial charge in [-0.1, -0.05) is 71.8 Å². The van der Waals surface area contributed by atoms with Crippen LogP contribution in [-0.2, 0) is 0 Å². The second-order valence-corrected chi connectivity index (χ2v) is 10.4. The highest BCUT2D eigenvalue weighted by molar-refractivity contribution is 6.26. The smallest absolute Gasteiger partial charge is 0.322 e. The highest BCUT2D eigenvalue weighted by atomic mass is 16.3. The minimum atomic E-state index is -0.243. The molecule has 8 nitrogen and oxygen atoms in total. The third kappa shape index (κ3) is 3.96. The number of aromatic nitrogens is 2. The number of hydrogen-bond donors (Lipinski definition) is 0. The molecule has 2 aromatic heterocycles. The molecule has 204 valence electrons. The Kier molecular flexibility index (Phi) is 5.93. The van der Waals surface area contributed by atoms with E-state index in [-0.39, 0.29) is 22.5 Å². The van der Waals surface area contributed by atoms with Gasteiger partial charge in [-0.05, 0) is 58.8 Å². The Bertz CT molecular complexity index is 2620. The lowest BCUT2D eigenvalue weighted by molar-refractivity contribution is 0.559. The van der Waals surface area contributed by atoms with Crippen LogP contribution in [0.25, 0.3) is 87.1 Å². The van der Waals surface area contributed by atoms with Crippen molar-refractivity contribution < 1.29 is 8.83 Å². The summed E-state index contributed by atoms with van der Waals surface area (Å²) in [5.41, 5.74) is 6.97. The van der Waals surface area contributed by atoms with E-state index >= 15 is 0 Å². The average molecular weight is 567 g/mol. The van der Waals surface area contributed by atoms with E-state index in [4.69, 9.17) is 22.0 Å². The van der Waals surface area contributed by atoms with Crippen LogP contribution in [-0.4, -0.2) is 9.97 Å². The fraction of sp³-hybridized carbons (Fsp3) is 0.0556. The lowest BCUT2D eigenvalue weighted by Crippen LogP contribution is -2.02. The molecule has 0 unspecified atom stereocenters. The summed E-state index contributed by atoms with van der Waals surface area (Å²) in [6.45, 7) is 18.9. The van der Waals surface area contributed by atoms with Crippen molar-refractivity contribution in [3.8, 4) is 34.4 Å². The number of fused-ring (bicyclic) bond motifs is 6. The molecule has 0 aliphatic carbocycles. The lowest BCUT2D eigenvalue weighted by Gasteiger charge is -2.14. The van der Waals surface area contributed by atoms with Gasteiger partial charge in [0.05, 0.1) is 25.3 Å². The maximum absolute atomic E-state index is 9.57. The van der Waals surface area contributed by atoms with Crippen LogP contribution in [0.5, 0.6) is 0 Å². The van der Waals surface area contributed by atoms with E-state index in [9.17, 15) is 10.5 Å². The fourth-order valence-corrected chi connectivity index (χ4v) is 5.58. The first-order valence-electron chi connectivity index (χ1n) is 13.5. The normalized spacial score (nSPS) is 12.5.